The van der Waals surface area contributed by atoms with E-state index in [0.29, 0.717) is 0 Å². The summed E-state index contributed by atoms with van der Waals surface area (Å²) >= 11 is 0. The summed E-state index contributed by atoms with van der Waals surface area (Å²) in [5.74, 6) is 1.03. The van der Waals surface area contributed by atoms with Crippen LogP contribution in [0.3, 0.4) is 0 Å². The molecular formula is C11H19N3O. The SMILES string of the molecule is Cn1ccnc1CCC1(O)CCC(N)C1. The minimum Gasteiger partial charge on any atom is -0.390 e. The summed E-state index contributed by atoms with van der Waals surface area (Å²) in [7, 11) is 1.98. The average Bonchev–Trinajstić information content (AvgIpc) is 2.71. The molecule has 0 amide bonds. The molecule has 1 aliphatic rings. The fraction of sp³-hybridized carbons (Fsp3) is 0.727. The zero-order valence-electron chi connectivity index (χ0n) is 9.19. The molecule has 0 aliphatic heterocycles. The lowest BCUT2D eigenvalue weighted by atomic mass is 9.95. The van der Waals surface area contributed by atoms with Gasteiger partial charge in [-0.2, -0.15) is 0 Å². The molecule has 0 saturated heterocycles. The summed E-state index contributed by atoms with van der Waals surface area (Å²) in [6, 6.07) is 0.177. The van der Waals surface area contributed by atoms with E-state index < -0.39 is 5.60 Å². The van der Waals surface area contributed by atoms with Crippen LogP contribution in [0.2, 0.25) is 0 Å². The van der Waals surface area contributed by atoms with Gasteiger partial charge in [-0.1, -0.05) is 0 Å². The van der Waals surface area contributed by atoms with E-state index >= 15 is 0 Å². The Labute approximate surface area is 90.1 Å². The number of aryl methyl sites for hydroxylation is 2. The Balaban J connectivity index is 1.91. The van der Waals surface area contributed by atoms with Crippen molar-refractivity contribution >= 4 is 0 Å². The normalized spacial score (nSPS) is 31.0. The van der Waals surface area contributed by atoms with Gasteiger partial charge in [-0.05, 0) is 25.7 Å². The largest absolute Gasteiger partial charge is 0.390 e. The highest BCUT2D eigenvalue weighted by molar-refractivity contribution is 4.97. The Bertz CT molecular complexity index is 336. The van der Waals surface area contributed by atoms with Crippen LogP contribution in [0, 0.1) is 0 Å². The molecule has 0 radical (unpaired) electrons. The first kappa shape index (κ1) is 10.6. The molecule has 3 N–H and O–H groups in total. The van der Waals surface area contributed by atoms with Crippen molar-refractivity contribution in [3.8, 4) is 0 Å². The second-order valence-electron chi connectivity index (χ2n) is 4.68. The van der Waals surface area contributed by atoms with Crippen molar-refractivity contribution in [1.82, 2.24) is 9.55 Å². The summed E-state index contributed by atoms with van der Waals surface area (Å²) < 4.78 is 2.00. The monoisotopic (exact) mass is 209 g/mol. The summed E-state index contributed by atoms with van der Waals surface area (Å²) in [4.78, 5) is 4.25. The first-order valence-electron chi connectivity index (χ1n) is 5.53. The van der Waals surface area contributed by atoms with Crippen molar-refractivity contribution in [1.29, 1.82) is 0 Å². The Morgan fingerprint density at radius 1 is 1.73 bits per heavy atom. The van der Waals surface area contributed by atoms with E-state index in [4.69, 9.17) is 5.73 Å². The van der Waals surface area contributed by atoms with Crippen molar-refractivity contribution in [2.75, 3.05) is 0 Å². The number of imidazole rings is 1. The molecule has 0 bridgehead atoms. The molecule has 84 valence electrons. The van der Waals surface area contributed by atoms with E-state index in [1.807, 2.05) is 17.8 Å². The minimum atomic E-state index is -0.550. The Hall–Kier alpha value is -0.870. The van der Waals surface area contributed by atoms with Gasteiger partial charge in [-0.15, -0.1) is 0 Å². The topological polar surface area (TPSA) is 64.1 Å². The number of aliphatic hydroxyl groups is 1. The van der Waals surface area contributed by atoms with Crippen molar-refractivity contribution < 1.29 is 5.11 Å². The fourth-order valence-corrected chi connectivity index (χ4v) is 2.36. The lowest BCUT2D eigenvalue weighted by molar-refractivity contribution is 0.0372. The van der Waals surface area contributed by atoms with E-state index in [-0.39, 0.29) is 6.04 Å². The quantitative estimate of drug-likeness (QED) is 0.766. The van der Waals surface area contributed by atoms with Gasteiger partial charge in [-0.25, -0.2) is 4.98 Å². The Morgan fingerprint density at radius 2 is 2.53 bits per heavy atom. The molecule has 2 unspecified atom stereocenters. The number of hydrogen-bond acceptors (Lipinski definition) is 3. The molecule has 0 spiro atoms. The third-order valence-electron chi connectivity index (χ3n) is 3.36. The van der Waals surface area contributed by atoms with Crippen LogP contribution in [0.15, 0.2) is 12.4 Å². The molecular weight excluding hydrogens is 190 g/mol. The molecule has 0 aromatic carbocycles. The molecule has 1 saturated carbocycles. The third kappa shape index (κ3) is 2.38. The Kier molecular flexibility index (Phi) is 2.80. The fourth-order valence-electron chi connectivity index (χ4n) is 2.36. The maximum Gasteiger partial charge on any atom is 0.108 e. The van der Waals surface area contributed by atoms with Crippen molar-refractivity contribution in [2.45, 2.75) is 43.7 Å². The van der Waals surface area contributed by atoms with Crippen LogP contribution in [0.5, 0.6) is 0 Å². The molecule has 1 aromatic rings. The maximum absolute atomic E-state index is 10.2. The van der Waals surface area contributed by atoms with Crippen LogP contribution in [-0.4, -0.2) is 26.3 Å². The second kappa shape index (κ2) is 3.94. The van der Waals surface area contributed by atoms with E-state index in [0.717, 1.165) is 37.9 Å². The van der Waals surface area contributed by atoms with E-state index in [9.17, 15) is 5.11 Å². The Morgan fingerprint density at radius 3 is 3.07 bits per heavy atom. The molecule has 1 fully saturated rings. The van der Waals surface area contributed by atoms with Crippen LogP contribution in [0.25, 0.3) is 0 Å². The predicted octanol–water partition coefficient (Wildman–Crippen LogP) is 0.595. The zero-order chi connectivity index (χ0) is 10.9. The van der Waals surface area contributed by atoms with Gasteiger partial charge in [0.25, 0.3) is 0 Å². The van der Waals surface area contributed by atoms with Crippen LogP contribution in [0.4, 0.5) is 0 Å². The smallest absolute Gasteiger partial charge is 0.108 e. The van der Waals surface area contributed by atoms with Gasteiger partial charge in [-0.3, -0.25) is 0 Å². The highest BCUT2D eigenvalue weighted by Gasteiger charge is 2.35. The molecule has 4 nitrogen and oxygen atoms in total. The van der Waals surface area contributed by atoms with Gasteiger partial charge in [0.1, 0.15) is 5.82 Å². The highest BCUT2D eigenvalue weighted by Crippen LogP contribution is 2.32. The van der Waals surface area contributed by atoms with E-state index in [1.54, 1.807) is 6.20 Å². The lowest BCUT2D eigenvalue weighted by Gasteiger charge is -2.21. The minimum absolute atomic E-state index is 0.177. The molecule has 1 aromatic heterocycles. The van der Waals surface area contributed by atoms with Crippen LogP contribution in [-0.2, 0) is 13.5 Å². The number of aromatic nitrogens is 2. The van der Waals surface area contributed by atoms with Crippen LogP contribution in [0.1, 0.15) is 31.5 Å². The van der Waals surface area contributed by atoms with Crippen LogP contribution < -0.4 is 5.73 Å². The number of nitrogens with two attached hydrogens (primary N) is 1. The van der Waals surface area contributed by atoms with Gasteiger partial charge in [0.15, 0.2) is 0 Å². The summed E-state index contributed by atoms with van der Waals surface area (Å²) in [5, 5.41) is 10.2. The van der Waals surface area contributed by atoms with E-state index in [2.05, 4.69) is 4.98 Å². The number of nitrogens with zero attached hydrogens (tertiary/aromatic N) is 2. The van der Waals surface area contributed by atoms with E-state index in [1.165, 1.54) is 0 Å². The zero-order valence-corrected chi connectivity index (χ0v) is 9.19. The van der Waals surface area contributed by atoms with Crippen LogP contribution >= 0.6 is 0 Å². The average molecular weight is 209 g/mol. The lowest BCUT2D eigenvalue weighted by Crippen LogP contribution is -2.28. The molecule has 1 heterocycles. The van der Waals surface area contributed by atoms with Gasteiger partial charge < -0.3 is 15.4 Å². The first-order valence-corrected chi connectivity index (χ1v) is 5.53. The van der Waals surface area contributed by atoms with Gasteiger partial charge in [0.2, 0.25) is 0 Å². The molecule has 2 rings (SSSR count). The summed E-state index contributed by atoms with van der Waals surface area (Å²) in [6.45, 7) is 0. The number of hydrogen-bond donors (Lipinski definition) is 2. The molecule has 15 heavy (non-hydrogen) atoms. The summed E-state index contributed by atoms with van der Waals surface area (Å²) in [5.41, 5.74) is 5.26. The van der Waals surface area contributed by atoms with Crippen molar-refractivity contribution in [3.63, 3.8) is 0 Å². The molecule has 1 aliphatic carbocycles. The van der Waals surface area contributed by atoms with Gasteiger partial charge in [0.05, 0.1) is 5.60 Å². The summed E-state index contributed by atoms with van der Waals surface area (Å²) in [6.07, 6.45) is 7.82. The molecule has 2 atom stereocenters. The maximum atomic E-state index is 10.2. The van der Waals surface area contributed by atoms with Crippen molar-refractivity contribution in [2.24, 2.45) is 12.8 Å². The molecule has 4 heteroatoms. The highest BCUT2D eigenvalue weighted by atomic mass is 16.3. The van der Waals surface area contributed by atoms with Crippen molar-refractivity contribution in [3.05, 3.63) is 18.2 Å². The number of rotatable bonds is 3. The van der Waals surface area contributed by atoms with Gasteiger partial charge in [0, 0.05) is 31.9 Å². The van der Waals surface area contributed by atoms with Gasteiger partial charge >= 0.3 is 0 Å². The standard InChI is InChI=1S/C11H19N3O/c1-14-7-6-13-10(14)3-5-11(15)4-2-9(12)8-11/h6-7,9,15H,2-5,8,12H2,1H3. The second-order valence-corrected chi connectivity index (χ2v) is 4.68. The first-order chi connectivity index (χ1) is 7.09. The third-order valence-corrected chi connectivity index (χ3v) is 3.36. The predicted molar refractivity (Wildman–Crippen MR) is 58.3 cm³/mol.